The van der Waals surface area contributed by atoms with Crippen LogP contribution in [-0.4, -0.2) is 61.5 Å². The Labute approximate surface area is 158 Å². The molecule has 1 atom stereocenters. The van der Waals surface area contributed by atoms with E-state index in [1.807, 2.05) is 17.0 Å². The van der Waals surface area contributed by atoms with Crippen molar-refractivity contribution in [1.29, 1.82) is 0 Å². The number of carbonyl (C=O) groups is 1. The fourth-order valence-electron chi connectivity index (χ4n) is 4.24. The molecule has 2 aliphatic heterocycles. The van der Waals surface area contributed by atoms with Crippen LogP contribution in [0.4, 0.5) is 0 Å². The van der Waals surface area contributed by atoms with E-state index in [4.69, 9.17) is 0 Å². The Hall–Kier alpha value is -1.39. The summed E-state index contributed by atoms with van der Waals surface area (Å²) in [6.07, 6.45) is 7.81. The van der Waals surface area contributed by atoms with Gasteiger partial charge in [-0.3, -0.25) is 4.79 Å². The zero-order chi connectivity index (χ0) is 18.2. The summed E-state index contributed by atoms with van der Waals surface area (Å²) in [6, 6.07) is 8.38. The van der Waals surface area contributed by atoms with Crippen molar-refractivity contribution >= 4 is 5.91 Å². The molecule has 0 aromatic heterocycles. The second-order valence-corrected chi connectivity index (χ2v) is 7.81. The Balaban J connectivity index is 1.55. The van der Waals surface area contributed by atoms with Gasteiger partial charge in [-0.25, -0.2) is 0 Å². The molecule has 1 aromatic carbocycles. The molecule has 0 bridgehead atoms. The number of likely N-dealkylation sites (tertiary alicyclic amines) is 1. The van der Waals surface area contributed by atoms with E-state index in [-0.39, 0.29) is 5.91 Å². The molecular formula is C22H35N3O. The fraction of sp³-hybridized carbons (Fsp3) is 0.682. The van der Waals surface area contributed by atoms with Crippen molar-refractivity contribution in [3.8, 4) is 0 Å². The fourth-order valence-corrected chi connectivity index (χ4v) is 4.24. The van der Waals surface area contributed by atoms with Gasteiger partial charge in [0.2, 0.25) is 0 Å². The first-order chi connectivity index (χ1) is 12.8. The zero-order valence-electron chi connectivity index (χ0n) is 16.4. The van der Waals surface area contributed by atoms with Gasteiger partial charge in [0.15, 0.2) is 0 Å². The van der Waals surface area contributed by atoms with Crippen LogP contribution in [0.25, 0.3) is 0 Å². The lowest BCUT2D eigenvalue weighted by molar-refractivity contribution is 0.0745. The quantitative estimate of drug-likeness (QED) is 0.846. The maximum atomic E-state index is 12.9. The van der Waals surface area contributed by atoms with Gasteiger partial charge in [0.05, 0.1) is 0 Å². The van der Waals surface area contributed by atoms with E-state index in [2.05, 4.69) is 29.3 Å². The third-order valence-corrected chi connectivity index (χ3v) is 5.98. The van der Waals surface area contributed by atoms with Crippen LogP contribution in [0.5, 0.6) is 0 Å². The summed E-state index contributed by atoms with van der Waals surface area (Å²) < 4.78 is 0. The number of nitrogens with one attached hydrogen (secondary N) is 1. The van der Waals surface area contributed by atoms with Gasteiger partial charge >= 0.3 is 0 Å². The van der Waals surface area contributed by atoms with Crippen molar-refractivity contribution in [2.75, 3.05) is 45.8 Å². The maximum Gasteiger partial charge on any atom is 0.253 e. The average molecular weight is 358 g/mol. The lowest BCUT2D eigenvalue weighted by atomic mass is 9.91. The molecule has 26 heavy (non-hydrogen) atoms. The Morgan fingerprint density at radius 3 is 2.46 bits per heavy atom. The largest absolute Gasteiger partial charge is 0.338 e. The van der Waals surface area contributed by atoms with Crippen LogP contribution >= 0.6 is 0 Å². The highest BCUT2D eigenvalue weighted by Crippen LogP contribution is 2.23. The molecule has 144 valence electrons. The number of nitrogens with zero attached hydrogens (tertiary/aromatic N) is 2. The van der Waals surface area contributed by atoms with Crippen LogP contribution in [-0.2, 0) is 0 Å². The van der Waals surface area contributed by atoms with Gasteiger partial charge in [-0.05, 0) is 75.9 Å². The normalized spacial score (nSPS) is 22.0. The van der Waals surface area contributed by atoms with Crippen LogP contribution < -0.4 is 5.32 Å². The Bertz CT molecular complexity index is 543. The molecule has 2 fully saturated rings. The highest BCUT2D eigenvalue weighted by molar-refractivity contribution is 5.94. The van der Waals surface area contributed by atoms with Crippen molar-refractivity contribution in [3.05, 3.63) is 35.4 Å². The summed E-state index contributed by atoms with van der Waals surface area (Å²) in [5.74, 6) is 0.772. The number of carbonyl (C=O) groups excluding carboxylic acids is 1. The number of likely N-dealkylation sites (N-methyl/N-ethyl adjacent to an activating group) is 1. The van der Waals surface area contributed by atoms with E-state index in [0.29, 0.717) is 5.92 Å². The number of hydrogen-bond acceptors (Lipinski definition) is 3. The average Bonchev–Trinajstić information content (AvgIpc) is 2.98. The minimum Gasteiger partial charge on any atom is -0.338 e. The molecule has 0 radical (unpaired) electrons. The van der Waals surface area contributed by atoms with Crippen molar-refractivity contribution in [1.82, 2.24) is 15.1 Å². The summed E-state index contributed by atoms with van der Waals surface area (Å²) in [5, 5.41) is 3.47. The second-order valence-electron chi connectivity index (χ2n) is 7.81. The van der Waals surface area contributed by atoms with E-state index in [0.717, 1.165) is 38.3 Å². The molecule has 2 aliphatic rings. The van der Waals surface area contributed by atoms with Gasteiger partial charge in [0, 0.05) is 31.7 Å². The van der Waals surface area contributed by atoms with Gasteiger partial charge in [0.25, 0.3) is 5.91 Å². The first-order valence-corrected chi connectivity index (χ1v) is 10.6. The minimum atomic E-state index is 0.177. The van der Waals surface area contributed by atoms with E-state index >= 15 is 0 Å². The number of benzene rings is 1. The lowest BCUT2D eigenvalue weighted by Crippen LogP contribution is -2.39. The summed E-state index contributed by atoms with van der Waals surface area (Å²) in [7, 11) is 0. The molecular weight excluding hydrogens is 322 g/mol. The van der Waals surface area contributed by atoms with Crippen molar-refractivity contribution < 1.29 is 4.79 Å². The SMILES string of the molecule is CCN(CCN1CCCCCC1)C(=O)c1ccc([C@H]2CCCNC2)cc1. The van der Waals surface area contributed by atoms with E-state index in [9.17, 15) is 4.79 Å². The molecule has 3 rings (SSSR count). The molecule has 2 saturated heterocycles. The second kappa shape index (κ2) is 10.1. The number of rotatable bonds is 6. The molecule has 4 nitrogen and oxygen atoms in total. The Morgan fingerprint density at radius 1 is 1.12 bits per heavy atom. The van der Waals surface area contributed by atoms with Crippen LogP contribution in [0.1, 0.15) is 67.3 Å². The maximum absolute atomic E-state index is 12.9. The molecule has 1 aromatic rings. The number of piperidine rings is 1. The number of hydrogen-bond donors (Lipinski definition) is 1. The summed E-state index contributed by atoms with van der Waals surface area (Å²) in [6.45, 7) is 9.28. The van der Waals surface area contributed by atoms with Crippen LogP contribution in [0, 0.1) is 0 Å². The van der Waals surface area contributed by atoms with E-state index < -0.39 is 0 Å². The van der Waals surface area contributed by atoms with Gasteiger partial charge in [0.1, 0.15) is 0 Å². The molecule has 2 heterocycles. The van der Waals surface area contributed by atoms with Crippen molar-refractivity contribution in [2.24, 2.45) is 0 Å². The Morgan fingerprint density at radius 2 is 1.85 bits per heavy atom. The summed E-state index contributed by atoms with van der Waals surface area (Å²) in [5.41, 5.74) is 2.19. The molecule has 0 aliphatic carbocycles. The molecule has 4 heteroatoms. The first kappa shape index (κ1) is 19.4. The van der Waals surface area contributed by atoms with Crippen LogP contribution in [0.15, 0.2) is 24.3 Å². The van der Waals surface area contributed by atoms with E-state index in [1.54, 1.807) is 0 Å². The summed E-state index contributed by atoms with van der Waals surface area (Å²) in [4.78, 5) is 17.4. The highest BCUT2D eigenvalue weighted by atomic mass is 16.2. The van der Waals surface area contributed by atoms with Gasteiger partial charge in [-0.15, -0.1) is 0 Å². The highest BCUT2D eigenvalue weighted by Gasteiger charge is 2.18. The third kappa shape index (κ3) is 5.31. The minimum absolute atomic E-state index is 0.177. The Kier molecular flexibility index (Phi) is 7.51. The van der Waals surface area contributed by atoms with E-state index in [1.165, 1.54) is 57.2 Å². The first-order valence-electron chi connectivity index (χ1n) is 10.6. The monoisotopic (exact) mass is 357 g/mol. The topological polar surface area (TPSA) is 35.6 Å². The molecule has 1 amide bonds. The third-order valence-electron chi connectivity index (χ3n) is 5.98. The predicted molar refractivity (Wildman–Crippen MR) is 108 cm³/mol. The summed E-state index contributed by atoms with van der Waals surface area (Å²) >= 11 is 0. The molecule has 0 unspecified atom stereocenters. The van der Waals surface area contributed by atoms with Crippen LogP contribution in [0.2, 0.25) is 0 Å². The van der Waals surface area contributed by atoms with Gasteiger partial charge in [-0.1, -0.05) is 25.0 Å². The predicted octanol–water partition coefficient (Wildman–Crippen LogP) is 3.49. The van der Waals surface area contributed by atoms with Gasteiger partial charge < -0.3 is 15.1 Å². The number of amides is 1. The van der Waals surface area contributed by atoms with Crippen LogP contribution in [0.3, 0.4) is 0 Å². The van der Waals surface area contributed by atoms with Gasteiger partial charge in [-0.2, -0.15) is 0 Å². The smallest absolute Gasteiger partial charge is 0.253 e. The van der Waals surface area contributed by atoms with Crippen molar-refractivity contribution in [3.63, 3.8) is 0 Å². The van der Waals surface area contributed by atoms with Crippen molar-refractivity contribution in [2.45, 2.75) is 51.4 Å². The lowest BCUT2D eigenvalue weighted by Gasteiger charge is -2.26. The molecule has 0 saturated carbocycles. The standard InChI is InChI=1S/C22H35N3O/c1-2-25(17-16-24-14-5-3-4-6-15-24)22(26)20-11-9-19(10-12-20)21-8-7-13-23-18-21/h9-12,21,23H,2-8,13-18H2,1H3/t21-/m0/s1. The molecule has 0 spiro atoms. The molecule has 1 N–H and O–H groups in total. The zero-order valence-corrected chi connectivity index (χ0v) is 16.4.